The van der Waals surface area contributed by atoms with Gasteiger partial charge in [0, 0.05) is 6.42 Å². The van der Waals surface area contributed by atoms with Gasteiger partial charge in [0.25, 0.3) is 0 Å². The van der Waals surface area contributed by atoms with Crippen LogP contribution in [0.5, 0.6) is 0 Å². The lowest BCUT2D eigenvalue weighted by atomic mass is 10.3. The lowest BCUT2D eigenvalue weighted by Gasteiger charge is -1.79. The van der Waals surface area contributed by atoms with Gasteiger partial charge in [0.1, 0.15) is 0 Å². The molecule has 0 unspecified atom stereocenters. The minimum Gasteiger partial charge on any atom is -0.287 e. The summed E-state index contributed by atoms with van der Waals surface area (Å²) in [7, 11) is 0. The van der Waals surface area contributed by atoms with E-state index in [1.165, 1.54) is 0 Å². The van der Waals surface area contributed by atoms with Crippen LogP contribution in [0, 0.1) is 0 Å². The smallest absolute Gasteiger partial charge is 0.189 e. The van der Waals surface area contributed by atoms with Gasteiger partial charge < -0.3 is 0 Å². The summed E-state index contributed by atoms with van der Waals surface area (Å²) in [6.45, 7) is 2.03. The molecule has 0 fully saturated rings. The summed E-state index contributed by atoms with van der Waals surface area (Å²) >= 11 is 3.58. The van der Waals surface area contributed by atoms with Crippen molar-refractivity contribution in [2.45, 2.75) is 19.8 Å². The Kier molecular flexibility index (Phi) is 4.76. The number of carbonyl (C=O) groups is 1. The van der Waals surface area contributed by atoms with E-state index in [9.17, 15) is 4.79 Å². The fraction of sp³-hybridized carbons (Fsp3) is 0.500. The van der Waals surface area contributed by atoms with Gasteiger partial charge in [-0.15, -0.1) is 12.6 Å². The Balaban J connectivity index is 3.16. The molecule has 0 rings (SSSR count). The van der Waals surface area contributed by atoms with Gasteiger partial charge >= 0.3 is 0 Å². The molecule has 0 saturated carbocycles. The van der Waals surface area contributed by atoms with Crippen molar-refractivity contribution in [3.05, 3.63) is 12.2 Å². The van der Waals surface area contributed by atoms with E-state index in [-0.39, 0.29) is 5.12 Å². The molecule has 0 aromatic carbocycles. The fourth-order valence-corrected chi connectivity index (χ4v) is 0.456. The van der Waals surface area contributed by atoms with Gasteiger partial charge in [-0.1, -0.05) is 19.1 Å². The van der Waals surface area contributed by atoms with E-state index < -0.39 is 0 Å². The fourth-order valence-electron chi connectivity index (χ4n) is 0.351. The first kappa shape index (κ1) is 7.76. The Morgan fingerprint density at radius 2 is 2.25 bits per heavy atom. The van der Waals surface area contributed by atoms with Crippen LogP contribution in [0.4, 0.5) is 0 Å². The van der Waals surface area contributed by atoms with Crippen LogP contribution in [0.15, 0.2) is 12.2 Å². The molecule has 2 heteroatoms. The van der Waals surface area contributed by atoms with Gasteiger partial charge in [0.2, 0.25) is 0 Å². The molecule has 0 aliphatic heterocycles. The quantitative estimate of drug-likeness (QED) is 0.455. The molecule has 0 aliphatic carbocycles. The Bertz CT molecular complexity index is 96.7. The number of hydrogen-bond acceptors (Lipinski definition) is 1. The predicted molar refractivity (Wildman–Crippen MR) is 38.0 cm³/mol. The summed E-state index contributed by atoms with van der Waals surface area (Å²) in [6.07, 6.45) is 5.22. The number of rotatable bonds is 3. The third kappa shape index (κ3) is 5.76. The summed E-state index contributed by atoms with van der Waals surface area (Å²) in [5.74, 6) is 0. The summed E-state index contributed by atoms with van der Waals surface area (Å²) in [5, 5.41) is -0.0744. The van der Waals surface area contributed by atoms with Crippen LogP contribution in [-0.2, 0) is 4.79 Å². The van der Waals surface area contributed by atoms with Crippen LogP contribution in [0.25, 0.3) is 0 Å². The highest BCUT2D eigenvalue weighted by molar-refractivity contribution is 7.96. The molecular formula is C6H10OS. The normalized spacial score (nSPS) is 10.2. The molecule has 0 heterocycles. The maximum absolute atomic E-state index is 10.1. The number of allylic oxidation sites excluding steroid dienone is 2. The summed E-state index contributed by atoms with van der Waals surface area (Å²) < 4.78 is 0. The number of carbonyl (C=O) groups excluding carboxylic acids is 1. The zero-order valence-electron chi connectivity index (χ0n) is 4.92. The molecule has 46 valence electrons. The summed E-state index contributed by atoms with van der Waals surface area (Å²) in [6, 6.07) is 0. The van der Waals surface area contributed by atoms with Crippen LogP contribution in [-0.4, -0.2) is 5.12 Å². The van der Waals surface area contributed by atoms with Crippen LogP contribution in [0.1, 0.15) is 19.8 Å². The molecule has 0 atom stereocenters. The third-order valence-corrected chi connectivity index (χ3v) is 0.877. The van der Waals surface area contributed by atoms with E-state index in [0.717, 1.165) is 6.42 Å². The molecule has 0 spiro atoms. The van der Waals surface area contributed by atoms with Gasteiger partial charge in [0.05, 0.1) is 0 Å². The average molecular weight is 130 g/mol. The molecule has 0 saturated heterocycles. The van der Waals surface area contributed by atoms with E-state index in [0.29, 0.717) is 6.42 Å². The summed E-state index contributed by atoms with van der Waals surface area (Å²) in [5.41, 5.74) is 0. The van der Waals surface area contributed by atoms with Crippen molar-refractivity contribution in [3.8, 4) is 0 Å². The van der Waals surface area contributed by atoms with Crippen molar-refractivity contribution in [2.75, 3.05) is 0 Å². The SMILES string of the molecule is CC/C=C/CC(=O)S. The minimum atomic E-state index is -0.0744. The van der Waals surface area contributed by atoms with E-state index in [1.54, 1.807) is 0 Å². The van der Waals surface area contributed by atoms with Crippen molar-refractivity contribution in [1.29, 1.82) is 0 Å². The number of hydrogen-bond donors (Lipinski definition) is 1. The van der Waals surface area contributed by atoms with Crippen LogP contribution < -0.4 is 0 Å². The lowest BCUT2D eigenvalue weighted by molar-refractivity contribution is -0.110. The molecular weight excluding hydrogens is 120 g/mol. The van der Waals surface area contributed by atoms with Crippen LogP contribution in [0.3, 0.4) is 0 Å². The molecule has 0 radical (unpaired) electrons. The van der Waals surface area contributed by atoms with Crippen molar-refractivity contribution in [2.24, 2.45) is 0 Å². The zero-order valence-corrected chi connectivity index (χ0v) is 5.82. The molecule has 0 aromatic rings. The molecule has 0 aromatic heterocycles. The molecule has 0 aliphatic rings. The Hall–Kier alpha value is -0.240. The zero-order chi connectivity index (χ0) is 6.41. The highest BCUT2D eigenvalue weighted by Crippen LogP contribution is 1.90. The van der Waals surface area contributed by atoms with Crippen molar-refractivity contribution < 1.29 is 4.79 Å². The van der Waals surface area contributed by atoms with E-state index in [2.05, 4.69) is 12.6 Å². The number of thiol groups is 1. The first-order valence-electron chi connectivity index (χ1n) is 2.64. The van der Waals surface area contributed by atoms with Gasteiger partial charge in [-0.3, -0.25) is 4.79 Å². The highest BCUT2D eigenvalue weighted by Gasteiger charge is 1.83. The Labute approximate surface area is 55.2 Å². The van der Waals surface area contributed by atoms with Gasteiger partial charge in [-0.05, 0) is 6.42 Å². The molecule has 0 N–H and O–H groups in total. The van der Waals surface area contributed by atoms with Crippen LogP contribution >= 0.6 is 12.6 Å². The molecule has 0 bridgehead atoms. The predicted octanol–water partition coefficient (Wildman–Crippen LogP) is 1.80. The van der Waals surface area contributed by atoms with Crippen LogP contribution in [0.2, 0.25) is 0 Å². The Morgan fingerprint density at radius 3 is 2.62 bits per heavy atom. The van der Waals surface area contributed by atoms with Crippen molar-refractivity contribution in [1.82, 2.24) is 0 Å². The van der Waals surface area contributed by atoms with Gasteiger partial charge in [-0.2, -0.15) is 0 Å². The highest BCUT2D eigenvalue weighted by atomic mass is 32.1. The monoisotopic (exact) mass is 130 g/mol. The summed E-state index contributed by atoms with van der Waals surface area (Å²) in [4.78, 5) is 10.1. The second kappa shape index (κ2) is 4.91. The van der Waals surface area contributed by atoms with E-state index >= 15 is 0 Å². The molecule has 1 nitrogen and oxygen atoms in total. The van der Waals surface area contributed by atoms with Gasteiger partial charge in [-0.25, -0.2) is 0 Å². The first-order valence-corrected chi connectivity index (χ1v) is 3.09. The Morgan fingerprint density at radius 1 is 1.62 bits per heavy atom. The van der Waals surface area contributed by atoms with E-state index in [4.69, 9.17) is 0 Å². The third-order valence-electron chi connectivity index (χ3n) is 0.695. The lowest BCUT2D eigenvalue weighted by Crippen LogP contribution is -1.78. The first-order chi connectivity index (χ1) is 3.77. The molecule has 8 heavy (non-hydrogen) atoms. The second-order valence-corrected chi connectivity index (χ2v) is 1.98. The maximum Gasteiger partial charge on any atom is 0.189 e. The van der Waals surface area contributed by atoms with Gasteiger partial charge in [0.15, 0.2) is 5.12 Å². The topological polar surface area (TPSA) is 17.1 Å². The molecule has 0 amide bonds. The minimum absolute atomic E-state index is 0.0744. The maximum atomic E-state index is 10.1. The van der Waals surface area contributed by atoms with Crippen molar-refractivity contribution in [3.63, 3.8) is 0 Å². The average Bonchev–Trinajstić information content (AvgIpc) is 1.66. The van der Waals surface area contributed by atoms with Crippen molar-refractivity contribution >= 4 is 17.7 Å². The largest absolute Gasteiger partial charge is 0.287 e. The standard InChI is InChI=1S/C6H10OS/c1-2-3-4-5-6(7)8/h3-4H,2,5H2,1H3,(H,7,8)/b4-3+. The second-order valence-electron chi connectivity index (χ2n) is 1.48. The van der Waals surface area contributed by atoms with E-state index in [1.807, 2.05) is 19.1 Å².